The van der Waals surface area contributed by atoms with Gasteiger partial charge in [0.05, 0.1) is 13.0 Å². The zero-order valence-corrected chi connectivity index (χ0v) is 18.9. The van der Waals surface area contributed by atoms with E-state index >= 15 is 0 Å². The summed E-state index contributed by atoms with van der Waals surface area (Å²) in [4.78, 5) is 38.4. The molecule has 0 aromatic heterocycles. The summed E-state index contributed by atoms with van der Waals surface area (Å²) in [7, 11) is 1.62. The number of benzene rings is 2. The van der Waals surface area contributed by atoms with E-state index in [-0.39, 0.29) is 30.3 Å². The summed E-state index contributed by atoms with van der Waals surface area (Å²) in [6.45, 7) is 1.15. The maximum absolute atomic E-state index is 12.4. The molecule has 2 amide bonds. The standard InChI is InChI=1S/C26H30N2O5/c1-32-23-10-7-21(8-11-23)13-16-27-24(29)19-33-26(31)22-14-17-28(18-15-22)25(30)12-9-20-5-3-2-4-6-20/h2-12,22H,13-19H2,1H3,(H,27,29)/b12-9+. The van der Waals surface area contributed by atoms with E-state index in [1.54, 1.807) is 24.2 Å². The molecule has 3 rings (SSSR count). The van der Waals surface area contributed by atoms with E-state index in [9.17, 15) is 14.4 Å². The summed E-state index contributed by atoms with van der Waals surface area (Å²) in [5.41, 5.74) is 2.04. The first-order valence-corrected chi connectivity index (χ1v) is 11.1. The predicted molar refractivity (Wildman–Crippen MR) is 125 cm³/mol. The van der Waals surface area contributed by atoms with Gasteiger partial charge >= 0.3 is 5.97 Å². The minimum Gasteiger partial charge on any atom is -0.497 e. The molecule has 1 fully saturated rings. The molecule has 0 radical (unpaired) electrons. The number of hydrogen-bond acceptors (Lipinski definition) is 5. The number of methoxy groups -OCH3 is 1. The van der Waals surface area contributed by atoms with E-state index < -0.39 is 0 Å². The number of piperidine rings is 1. The topological polar surface area (TPSA) is 84.9 Å². The summed E-state index contributed by atoms with van der Waals surface area (Å²) in [6.07, 6.45) is 5.08. The second kappa shape index (κ2) is 12.4. The molecule has 0 atom stereocenters. The van der Waals surface area contributed by atoms with Gasteiger partial charge in [-0.3, -0.25) is 14.4 Å². The molecule has 174 valence electrons. The fraction of sp³-hybridized carbons (Fsp3) is 0.346. The first kappa shape index (κ1) is 24.0. The Morgan fingerprint density at radius 2 is 1.73 bits per heavy atom. The quantitative estimate of drug-likeness (QED) is 0.469. The van der Waals surface area contributed by atoms with Gasteiger partial charge in [-0.2, -0.15) is 0 Å². The minimum absolute atomic E-state index is 0.0677. The van der Waals surface area contributed by atoms with Crippen LogP contribution in [0.5, 0.6) is 5.75 Å². The van der Waals surface area contributed by atoms with Crippen molar-refractivity contribution in [1.82, 2.24) is 10.2 Å². The van der Waals surface area contributed by atoms with Crippen LogP contribution in [0.3, 0.4) is 0 Å². The average Bonchev–Trinajstić information content (AvgIpc) is 2.87. The van der Waals surface area contributed by atoms with Crippen LogP contribution >= 0.6 is 0 Å². The van der Waals surface area contributed by atoms with Gasteiger partial charge in [0.25, 0.3) is 5.91 Å². The highest BCUT2D eigenvalue weighted by Crippen LogP contribution is 2.19. The molecule has 1 saturated heterocycles. The van der Waals surface area contributed by atoms with Crippen molar-refractivity contribution in [1.29, 1.82) is 0 Å². The number of nitrogens with one attached hydrogen (secondary N) is 1. The fourth-order valence-electron chi connectivity index (χ4n) is 3.62. The Morgan fingerprint density at radius 1 is 1.03 bits per heavy atom. The van der Waals surface area contributed by atoms with Crippen molar-refractivity contribution in [2.75, 3.05) is 33.4 Å². The second-order valence-corrected chi connectivity index (χ2v) is 7.90. The van der Waals surface area contributed by atoms with Crippen molar-refractivity contribution in [3.63, 3.8) is 0 Å². The smallest absolute Gasteiger partial charge is 0.309 e. The third kappa shape index (κ3) is 7.79. The minimum atomic E-state index is -0.382. The molecule has 1 aliphatic rings. The highest BCUT2D eigenvalue weighted by molar-refractivity contribution is 5.92. The maximum Gasteiger partial charge on any atom is 0.309 e. The lowest BCUT2D eigenvalue weighted by Gasteiger charge is -2.30. The lowest BCUT2D eigenvalue weighted by Crippen LogP contribution is -2.40. The van der Waals surface area contributed by atoms with Crippen LogP contribution in [-0.4, -0.2) is 56.0 Å². The number of carbonyl (C=O) groups excluding carboxylic acids is 3. The van der Waals surface area contributed by atoms with E-state index in [0.717, 1.165) is 16.9 Å². The van der Waals surface area contributed by atoms with Gasteiger partial charge in [0.1, 0.15) is 5.75 Å². The summed E-state index contributed by atoms with van der Waals surface area (Å²) in [5.74, 6) is -0.280. The van der Waals surface area contributed by atoms with Crippen LogP contribution in [-0.2, 0) is 25.5 Å². The molecule has 33 heavy (non-hydrogen) atoms. The first-order chi connectivity index (χ1) is 16.0. The van der Waals surface area contributed by atoms with Crippen molar-refractivity contribution in [2.24, 2.45) is 5.92 Å². The molecule has 0 saturated carbocycles. The number of amides is 2. The Hall–Kier alpha value is -3.61. The molecule has 1 heterocycles. The van der Waals surface area contributed by atoms with Gasteiger partial charge in [-0.25, -0.2) is 0 Å². The number of carbonyl (C=O) groups is 3. The van der Waals surface area contributed by atoms with Gasteiger partial charge in [0.2, 0.25) is 5.91 Å². The van der Waals surface area contributed by atoms with Crippen molar-refractivity contribution in [3.8, 4) is 5.75 Å². The third-order valence-electron chi connectivity index (χ3n) is 5.60. The van der Waals surface area contributed by atoms with Gasteiger partial charge in [0.15, 0.2) is 6.61 Å². The Kier molecular flexibility index (Phi) is 9.06. The molecule has 0 bridgehead atoms. The van der Waals surface area contributed by atoms with Crippen LogP contribution < -0.4 is 10.1 Å². The Morgan fingerprint density at radius 3 is 2.39 bits per heavy atom. The number of likely N-dealkylation sites (tertiary alicyclic amines) is 1. The van der Waals surface area contributed by atoms with E-state index in [1.807, 2.05) is 54.6 Å². The molecule has 7 nitrogen and oxygen atoms in total. The first-order valence-electron chi connectivity index (χ1n) is 11.1. The normalized spacial score (nSPS) is 14.2. The van der Waals surface area contributed by atoms with Gasteiger partial charge in [-0.15, -0.1) is 0 Å². The number of rotatable bonds is 9. The molecule has 7 heteroatoms. The van der Waals surface area contributed by atoms with Crippen LogP contribution in [0.2, 0.25) is 0 Å². The Labute approximate surface area is 194 Å². The number of nitrogens with zero attached hydrogens (tertiary/aromatic N) is 1. The molecule has 0 unspecified atom stereocenters. The van der Waals surface area contributed by atoms with Gasteiger partial charge < -0.3 is 19.7 Å². The molecule has 2 aromatic carbocycles. The summed E-state index contributed by atoms with van der Waals surface area (Å²) < 4.78 is 10.3. The highest BCUT2D eigenvalue weighted by Gasteiger charge is 2.28. The van der Waals surface area contributed by atoms with Gasteiger partial charge in [-0.05, 0) is 48.6 Å². The maximum atomic E-state index is 12.4. The van der Waals surface area contributed by atoms with Crippen molar-refractivity contribution < 1.29 is 23.9 Å². The van der Waals surface area contributed by atoms with E-state index in [1.165, 1.54) is 0 Å². The van der Waals surface area contributed by atoms with Gasteiger partial charge in [-0.1, -0.05) is 42.5 Å². The number of esters is 1. The highest BCUT2D eigenvalue weighted by atomic mass is 16.5. The zero-order chi connectivity index (χ0) is 23.5. The van der Waals surface area contributed by atoms with Crippen LogP contribution in [0.25, 0.3) is 6.08 Å². The lowest BCUT2D eigenvalue weighted by atomic mass is 9.97. The largest absolute Gasteiger partial charge is 0.497 e. The number of ether oxygens (including phenoxy) is 2. The van der Waals surface area contributed by atoms with Crippen molar-refractivity contribution in [3.05, 3.63) is 71.8 Å². The van der Waals surface area contributed by atoms with Crippen LogP contribution in [0.15, 0.2) is 60.7 Å². The van der Waals surface area contributed by atoms with Crippen LogP contribution in [0, 0.1) is 5.92 Å². The zero-order valence-electron chi connectivity index (χ0n) is 18.9. The second-order valence-electron chi connectivity index (χ2n) is 7.90. The molecule has 1 aliphatic heterocycles. The van der Waals surface area contributed by atoms with E-state index in [0.29, 0.717) is 38.9 Å². The summed E-state index contributed by atoms with van der Waals surface area (Å²) in [6, 6.07) is 17.3. The molecule has 0 spiro atoms. The molecular formula is C26H30N2O5. The molecular weight excluding hydrogens is 420 g/mol. The van der Waals surface area contributed by atoms with E-state index in [2.05, 4.69) is 5.32 Å². The fourth-order valence-corrected chi connectivity index (χ4v) is 3.62. The van der Waals surface area contributed by atoms with Crippen molar-refractivity contribution >= 4 is 23.9 Å². The number of hydrogen-bond donors (Lipinski definition) is 1. The van der Waals surface area contributed by atoms with Crippen LogP contribution in [0.1, 0.15) is 24.0 Å². The summed E-state index contributed by atoms with van der Waals surface area (Å²) in [5, 5.41) is 2.76. The SMILES string of the molecule is COc1ccc(CCNC(=O)COC(=O)C2CCN(C(=O)/C=C/c3ccccc3)CC2)cc1. The van der Waals surface area contributed by atoms with Crippen molar-refractivity contribution in [2.45, 2.75) is 19.3 Å². The molecule has 2 aromatic rings. The molecule has 1 N–H and O–H groups in total. The lowest BCUT2D eigenvalue weighted by molar-refractivity contribution is -0.154. The van der Waals surface area contributed by atoms with Crippen LogP contribution in [0.4, 0.5) is 0 Å². The molecule has 0 aliphatic carbocycles. The van der Waals surface area contributed by atoms with Gasteiger partial charge in [0, 0.05) is 25.7 Å². The Bertz CT molecular complexity index is 948. The van der Waals surface area contributed by atoms with E-state index in [4.69, 9.17) is 9.47 Å². The third-order valence-corrected chi connectivity index (χ3v) is 5.60. The average molecular weight is 451 g/mol. The summed E-state index contributed by atoms with van der Waals surface area (Å²) >= 11 is 0. The predicted octanol–water partition coefficient (Wildman–Crippen LogP) is 2.85. The monoisotopic (exact) mass is 450 g/mol. The Balaban J connectivity index is 1.32.